The first-order valence-corrected chi connectivity index (χ1v) is 8.95. The van der Waals surface area contributed by atoms with E-state index in [0.717, 1.165) is 35.8 Å². The molecule has 1 aromatic carbocycles. The summed E-state index contributed by atoms with van der Waals surface area (Å²) in [6, 6.07) is 7.16. The second-order valence-electron chi connectivity index (χ2n) is 6.40. The largest absolute Gasteiger partial charge is 0.489 e. The van der Waals surface area contributed by atoms with Crippen LogP contribution >= 0.6 is 0 Å². The lowest BCUT2D eigenvalue weighted by Gasteiger charge is -2.09. The summed E-state index contributed by atoms with van der Waals surface area (Å²) in [4.78, 5) is 16.5. The molecule has 0 saturated carbocycles. The monoisotopic (exact) mass is 368 g/mol. The van der Waals surface area contributed by atoms with Crippen LogP contribution < -0.4 is 10.1 Å². The van der Waals surface area contributed by atoms with Crippen molar-refractivity contribution in [3.63, 3.8) is 0 Å². The van der Waals surface area contributed by atoms with Gasteiger partial charge in [-0.15, -0.1) is 0 Å². The maximum absolute atomic E-state index is 12.4. The number of carbonyl (C=O) groups is 1. The minimum Gasteiger partial charge on any atom is -0.489 e. The number of carbonyl (C=O) groups excluding carboxylic acids is 1. The molecule has 0 atom stereocenters. The summed E-state index contributed by atoms with van der Waals surface area (Å²) in [7, 11) is 0. The summed E-state index contributed by atoms with van der Waals surface area (Å²) in [5, 5.41) is 6.86. The molecule has 0 radical (unpaired) electrons. The molecule has 0 bridgehead atoms. The number of hydrogen-bond donors (Lipinski definition) is 1. The molecule has 7 heteroatoms. The van der Waals surface area contributed by atoms with Crippen molar-refractivity contribution in [3.8, 4) is 5.75 Å². The Morgan fingerprint density at radius 2 is 2.15 bits per heavy atom. The Balaban J connectivity index is 1.50. The third-order valence-corrected chi connectivity index (χ3v) is 4.45. The molecule has 0 spiro atoms. The highest BCUT2D eigenvalue weighted by atomic mass is 16.5. The molecular weight excluding hydrogens is 344 g/mol. The second kappa shape index (κ2) is 8.53. The SMILES string of the molecule is Cc1noc(C)c1COc1cccc(C(=O)NCCCn2ccnc2C)c1. The van der Waals surface area contributed by atoms with Crippen LogP contribution in [0.2, 0.25) is 0 Å². The maximum Gasteiger partial charge on any atom is 0.251 e. The topological polar surface area (TPSA) is 82.2 Å². The number of aromatic nitrogens is 3. The fraction of sp³-hybridized carbons (Fsp3) is 0.350. The number of nitrogens with zero attached hydrogens (tertiary/aromatic N) is 3. The number of amides is 1. The number of benzene rings is 1. The molecule has 7 nitrogen and oxygen atoms in total. The zero-order valence-electron chi connectivity index (χ0n) is 15.9. The van der Waals surface area contributed by atoms with Crippen LogP contribution in [0.1, 0.15) is 39.6 Å². The smallest absolute Gasteiger partial charge is 0.251 e. The van der Waals surface area contributed by atoms with Gasteiger partial charge in [0.05, 0.1) is 11.3 Å². The summed E-state index contributed by atoms with van der Waals surface area (Å²) in [5.74, 6) is 2.25. The molecule has 1 N–H and O–H groups in total. The van der Waals surface area contributed by atoms with Gasteiger partial charge in [-0.25, -0.2) is 4.98 Å². The molecular formula is C20H24N4O3. The first-order valence-electron chi connectivity index (χ1n) is 8.95. The van der Waals surface area contributed by atoms with Gasteiger partial charge in [0.1, 0.15) is 23.9 Å². The Morgan fingerprint density at radius 3 is 2.85 bits per heavy atom. The van der Waals surface area contributed by atoms with Gasteiger partial charge in [-0.05, 0) is 45.4 Å². The van der Waals surface area contributed by atoms with E-state index in [-0.39, 0.29) is 5.91 Å². The minimum atomic E-state index is -0.111. The van der Waals surface area contributed by atoms with Crippen LogP contribution in [0.15, 0.2) is 41.2 Å². The normalized spacial score (nSPS) is 10.8. The number of aryl methyl sites for hydroxylation is 4. The zero-order valence-corrected chi connectivity index (χ0v) is 15.9. The Hall–Kier alpha value is -3.09. The lowest BCUT2D eigenvalue weighted by molar-refractivity contribution is 0.0952. The van der Waals surface area contributed by atoms with E-state index in [4.69, 9.17) is 9.26 Å². The van der Waals surface area contributed by atoms with Gasteiger partial charge in [-0.2, -0.15) is 0 Å². The van der Waals surface area contributed by atoms with E-state index in [2.05, 4.69) is 20.0 Å². The van der Waals surface area contributed by atoms with Crippen molar-refractivity contribution in [2.75, 3.05) is 6.54 Å². The van der Waals surface area contributed by atoms with Crippen molar-refractivity contribution in [2.45, 2.75) is 40.3 Å². The van der Waals surface area contributed by atoms with E-state index in [1.165, 1.54) is 0 Å². The molecule has 0 aliphatic rings. The lowest BCUT2D eigenvalue weighted by atomic mass is 10.2. The third kappa shape index (κ3) is 4.75. The molecule has 2 heterocycles. The maximum atomic E-state index is 12.4. The number of hydrogen-bond acceptors (Lipinski definition) is 5. The molecule has 142 valence electrons. The van der Waals surface area contributed by atoms with Gasteiger partial charge >= 0.3 is 0 Å². The van der Waals surface area contributed by atoms with E-state index < -0.39 is 0 Å². The van der Waals surface area contributed by atoms with Gasteiger partial charge in [0.15, 0.2) is 0 Å². The van der Waals surface area contributed by atoms with Crippen LogP contribution in [0.25, 0.3) is 0 Å². The molecule has 0 unspecified atom stereocenters. The summed E-state index contributed by atoms with van der Waals surface area (Å²) in [6.07, 6.45) is 4.56. The molecule has 1 amide bonds. The van der Waals surface area contributed by atoms with Crippen molar-refractivity contribution in [3.05, 3.63) is 65.1 Å². The van der Waals surface area contributed by atoms with E-state index in [1.54, 1.807) is 18.3 Å². The highest BCUT2D eigenvalue weighted by Crippen LogP contribution is 2.18. The number of ether oxygens (including phenoxy) is 1. The lowest BCUT2D eigenvalue weighted by Crippen LogP contribution is -2.25. The Morgan fingerprint density at radius 1 is 1.30 bits per heavy atom. The fourth-order valence-corrected chi connectivity index (χ4v) is 2.78. The minimum absolute atomic E-state index is 0.111. The first kappa shape index (κ1) is 18.7. The summed E-state index contributed by atoms with van der Waals surface area (Å²) in [6.45, 7) is 7.48. The molecule has 27 heavy (non-hydrogen) atoms. The summed E-state index contributed by atoms with van der Waals surface area (Å²) < 4.78 is 13.0. The molecule has 0 aliphatic heterocycles. The summed E-state index contributed by atoms with van der Waals surface area (Å²) in [5.41, 5.74) is 2.32. The molecule has 3 aromatic rings. The number of nitrogens with one attached hydrogen (secondary N) is 1. The highest BCUT2D eigenvalue weighted by Gasteiger charge is 2.11. The Labute approximate surface area is 158 Å². The Bertz CT molecular complexity index is 894. The predicted octanol–water partition coefficient (Wildman–Crippen LogP) is 3.20. The van der Waals surface area contributed by atoms with Crippen LogP contribution in [0.3, 0.4) is 0 Å². The first-order chi connectivity index (χ1) is 13.0. The average Bonchev–Trinajstić information content (AvgIpc) is 3.22. The molecule has 0 aliphatic carbocycles. The van der Waals surface area contributed by atoms with Gasteiger partial charge in [-0.1, -0.05) is 11.2 Å². The van der Waals surface area contributed by atoms with Crippen molar-refractivity contribution >= 4 is 5.91 Å². The quantitative estimate of drug-likeness (QED) is 0.618. The standard InChI is InChI=1S/C20H24N4O3/c1-14-19(15(2)27-23-14)13-26-18-7-4-6-17(12-18)20(25)22-8-5-10-24-11-9-21-16(24)3/h4,6-7,9,11-12H,5,8,10,13H2,1-3H3,(H,22,25). The number of imidazole rings is 1. The van der Waals surface area contributed by atoms with Gasteiger partial charge in [0.2, 0.25) is 0 Å². The van der Waals surface area contributed by atoms with Crippen molar-refractivity contribution in [1.29, 1.82) is 0 Å². The molecule has 0 fully saturated rings. The van der Waals surface area contributed by atoms with Crippen LogP contribution in [0.5, 0.6) is 5.75 Å². The second-order valence-corrected chi connectivity index (χ2v) is 6.40. The van der Waals surface area contributed by atoms with Crippen LogP contribution in [-0.2, 0) is 13.2 Å². The zero-order chi connectivity index (χ0) is 19.2. The highest BCUT2D eigenvalue weighted by molar-refractivity contribution is 5.94. The van der Waals surface area contributed by atoms with Gasteiger partial charge in [-0.3, -0.25) is 4.79 Å². The molecule has 2 aromatic heterocycles. The molecule has 0 saturated heterocycles. The van der Waals surface area contributed by atoms with E-state index in [0.29, 0.717) is 24.5 Å². The fourth-order valence-electron chi connectivity index (χ4n) is 2.78. The van der Waals surface area contributed by atoms with Crippen LogP contribution in [0.4, 0.5) is 0 Å². The van der Waals surface area contributed by atoms with Crippen LogP contribution in [0, 0.1) is 20.8 Å². The van der Waals surface area contributed by atoms with Crippen LogP contribution in [-0.4, -0.2) is 27.2 Å². The van der Waals surface area contributed by atoms with Crippen molar-refractivity contribution < 1.29 is 14.1 Å². The van der Waals surface area contributed by atoms with Crippen molar-refractivity contribution in [2.24, 2.45) is 0 Å². The number of rotatable bonds is 8. The average molecular weight is 368 g/mol. The van der Waals surface area contributed by atoms with E-state index in [9.17, 15) is 4.79 Å². The Kier molecular flexibility index (Phi) is 5.90. The van der Waals surface area contributed by atoms with Gasteiger partial charge in [0, 0.05) is 31.0 Å². The molecule has 3 rings (SSSR count). The van der Waals surface area contributed by atoms with Gasteiger partial charge < -0.3 is 19.1 Å². The van der Waals surface area contributed by atoms with E-state index in [1.807, 2.05) is 39.1 Å². The predicted molar refractivity (Wildman–Crippen MR) is 101 cm³/mol. The third-order valence-electron chi connectivity index (χ3n) is 4.45. The van der Waals surface area contributed by atoms with Crippen molar-refractivity contribution in [1.82, 2.24) is 20.0 Å². The van der Waals surface area contributed by atoms with Gasteiger partial charge in [0.25, 0.3) is 5.91 Å². The summed E-state index contributed by atoms with van der Waals surface area (Å²) >= 11 is 0. The van der Waals surface area contributed by atoms with E-state index >= 15 is 0 Å².